The quantitative estimate of drug-likeness (QED) is 0.497. The Morgan fingerprint density at radius 3 is 2.69 bits per heavy atom. The van der Waals surface area contributed by atoms with Gasteiger partial charge < -0.3 is 10.6 Å². The van der Waals surface area contributed by atoms with Gasteiger partial charge in [-0.3, -0.25) is 4.79 Å². The van der Waals surface area contributed by atoms with E-state index in [2.05, 4.69) is 11.8 Å². The van der Waals surface area contributed by atoms with Crippen LogP contribution in [0.5, 0.6) is 0 Å². The minimum atomic E-state index is -0.415. The van der Waals surface area contributed by atoms with Crippen molar-refractivity contribution in [1.82, 2.24) is 4.90 Å². The molecular formula is C9H17ClN2O. The van der Waals surface area contributed by atoms with Gasteiger partial charge in [-0.2, -0.15) is 0 Å². The molecule has 0 saturated heterocycles. The van der Waals surface area contributed by atoms with E-state index in [4.69, 9.17) is 17.3 Å². The third-order valence-electron chi connectivity index (χ3n) is 1.75. The fourth-order valence-corrected chi connectivity index (χ4v) is 1.13. The molecule has 0 aliphatic carbocycles. The number of carbonyl (C=O) groups is 1. The molecule has 0 saturated carbocycles. The van der Waals surface area contributed by atoms with Gasteiger partial charge in [0.15, 0.2) is 0 Å². The summed E-state index contributed by atoms with van der Waals surface area (Å²) < 4.78 is 0. The number of nitrogens with zero attached hydrogens (tertiary/aromatic N) is 1. The first kappa shape index (κ1) is 12.6. The van der Waals surface area contributed by atoms with Crippen molar-refractivity contribution >= 4 is 16.8 Å². The van der Waals surface area contributed by atoms with Crippen LogP contribution in [0.4, 0.5) is 0 Å². The summed E-state index contributed by atoms with van der Waals surface area (Å²) in [5.74, 6) is 0. The SMILES string of the molecule is CCN(CCN)CC/C=C/C(=O)Cl. The molecule has 0 radical (unpaired) electrons. The molecule has 0 aromatic rings. The molecule has 0 spiro atoms. The van der Waals surface area contributed by atoms with E-state index in [9.17, 15) is 4.79 Å². The lowest BCUT2D eigenvalue weighted by Gasteiger charge is -2.17. The third-order valence-corrected chi connectivity index (χ3v) is 1.88. The lowest BCUT2D eigenvalue weighted by Crippen LogP contribution is -2.29. The molecule has 0 bridgehead atoms. The molecule has 0 atom stereocenters. The highest BCUT2D eigenvalue weighted by Crippen LogP contribution is 1.92. The van der Waals surface area contributed by atoms with Crippen LogP contribution in [-0.4, -0.2) is 36.3 Å². The Labute approximate surface area is 84.5 Å². The highest BCUT2D eigenvalue weighted by Gasteiger charge is 1.97. The van der Waals surface area contributed by atoms with E-state index in [1.165, 1.54) is 6.08 Å². The second-order valence-corrected chi connectivity index (χ2v) is 3.09. The summed E-state index contributed by atoms with van der Waals surface area (Å²) in [6.07, 6.45) is 4.01. The fraction of sp³-hybridized carbons (Fsp3) is 0.667. The topological polar surface area (TPSA) is 46.3 Å². The Morgan fingerprint density at radius 2 is 2.23 bits per heavy atom. The number of likely N-dealkylation sites (N-methyl/N-ethyl adjacent to an activating group) is 1. The zero-order valence-corrected chi connectivity index (χ0v) is 8.76. The first-order valence-corrected chi connectivity index (χ1v) is 4.87. The van der Waals surface area contributed by atoms with Crippen molar-refractivity contribution in [3.05, 3.63) is 12.2 Å². The minimum absolute atomic E-state index is 0.415. The normalized spacial score (nSPS) is 11.4. The first-order valence-electron chi connectivity index (χ1n) is 4.49. The molecule has 13 heavy (non-hydrogen) atoms. The molecule has 3 nitrogen and oxygen atoms in total. The molecule has 0 aromatic heterocycles. The Morgan fingerprint density at radius 1 is 1.54 bits per heavy atom. The van der Waals surface area contributed by atoms with Gasteiger partial charge in [-0.15, -0.1) is 0 Å². The third kappa shape index (κ3) is 7.96. The summed E-state index contributed by atoms with van der Waals surface area (Å²) in [6.45, 7) is 5.57. The van der Waals surface area contributed by atoms with Crippen molar-refractivity contribution < 1.29 is 4.79 Å². The lowest BCUT2D eigenvalue weighted by molar-refractivity contribution is -0.107. The molecular weight excluding hydrogens is 188 g/mol. The second-order valence-electron chi connectivity index (χ2n) is 2.72. The molecule has 2 N–H and O–H groups in total. The molecule has 0 heterocycles. The highest BCUT2D eigenvalue weighted by molar-refractivity contribution is 6.66. The van der Waals surface area contributed by atoms with Gasteiger partial charge >= 0.3 is 0 Å². The van der Waals surface area contributed by atoms with E-state index in [0.717, 1.165) is 26.1 Å². The summed E-state index contributed by atoms with van der Waals surface area (Å²) in [4.78, 5) is 12.6. The van der Waals surface area contributed by atoms with Crippen molar-refractivity contribution in [3.63, 3.8) is 0 Å². The van der Waals surface area contributed by atoms with Crippen molar-refractivity contribution in [2.75, 3.05) is 26.2 Å². The largest absolute Gasteiger partial charge is 0.329 e. The number of carbonyl (C=O) groups excluding carboxylic acids is 1. The summed E-state index contributed by atoms with van der Waals surface area (Å²) in [6, 6.07) is 0. The zero-order chi connectivity index (χ0) is 10.1. The van der Waals surface area contributed by atoms with Crippen LogP contribution in [-0.2, 0) is 4.79 Å². The van der Waals surface area contributed by atoms with Crippen molar-refractivity contribution in [2.45, 2.75) is 13.3 Å². The predicted octanol–water partition coefficient (Wildman–Crippen LogP) is 0.979. The molecule has 0 rings (SSSR count). The molecule has 0 amide bonds. The van der Waals surface area contributed by atoms with E-state index in [1.807, 2.05) is 0 Å². The van der Waals surface area contributed by atoms with Gasteiger partial charge in [-0.25, -0.2) is 0 Å². The van der Waals surface area contributed by atoms with E-state index in [-0.39, 0.29) is 0 Å². The van der Waals surface area contributed by atoms with Crippen LogP contribution in [0.25, 0.3) is 0 Å². The van der Waals surface area contributed by atoms with Crippen LogP contribution in [0, 0.1) is 0 Å². The summed E-state index contributed by atoms with van der Waals surface area (Å²) in [7, 11) is 0. The smallest absolute Gasteiger partial charge is 0.244 e. The van der Waals surface area contributed by atoms with Gasteiger partial charge in [-0.1, -0.05) is 13.0 Å². The Kier molecular flexibility index (Phi) is 7.99. The van der Waals surface area contributed by atoms with Gasteiger partial charge in [0.2, 0.25) is 5.24 Å². The van der Waals surface area contributed by atoms with E-state index in [1.54, 1.807) is 6.08 Å². The molecule has 0 aromatic carbocycles. The minimum Gasteiger partial charge on any atom is -0.329 e. The average molecular weight is 205 g/mol. The zero-order valence-electron chi connectivity index (χ0n) is 8.00. The molecule has 0 unspecified atom stereocenters. The van der Waals surface area contributed by atoms with Crippen molar-refractivity contribution in [3.8, 4) is 0 Å². The molecule has 0 aliphatic heterocycles. The van der Waals surface area contributed by atoms with E-state index < -0.39 is 5.24 Å². The van der Waals surface area contributed by atoms with Gasteiger partial charge in [0.1, 0.15) is 0 Å². The first-order chi connectivity index (χ1) is 6.20. The van der Waals surface area contributed by atoms with E-state index >= 15 is 0 Å². The fourth-order valence-electron chi connectivity index (χ4n) is 1.04. The molecule has 0 fully saturated rings. The van der Waals surface area contributed by atoms with Gasteiger partial charge in [0, 0.05) is 19.6 Å². The average Bonchev–Trinajstić information content (AvgIpc) is 2.10. The highest BCUT2D eigenvalue weighted by atomic mass is 35.5. The van der Waals surface area contributed by atoms with Crippen molar-refractivity contribution in [1.29, 1.82) is 0 Å². The van der Waals surface area contributed by atoms with Crippen LogP contribution in [0.15, 0.2) is 12.2 Å². The summed E-state index contributed by atoms with van der Waals surface area (Å²) >= 11 is 5.13. The Hall–Kier alpha value is -0.380. The number of rotatable bonds is 7. The van der Waals surface area contributed by atoms with Crippen LogP contribution in [0.3, 0.4) is 0 Å². The number of hydrogen-bond donors (Lipinski definition) is 1. The maximum absolute atomic E-state index is 10.3. The van der Waals surface area contributed by atoms with Crippen LogP contribution in [0.2, 0.25) is 0 Å². The predicted molar refractivity (Wildman–Crippen MR) is 55.8 cm³/mol. The van der Waals surface area contributed by atoms with Crippen LogP contribution in [0.1, 0.15) is 13.3 Å². The van der Waals surface area contributed by atoms with Gasteiger partial charge in [0.05, 0.1) is 0 Å². The standard InChI is InChI=1S/C9H17ClN2O/c1-2-12(8-6-11)7-4-3-5-9(10)13/h3,5H,2,4,6-8,11H2,1H3/b5-3+. The molecule has 0 aliphatic rings. The van der Waals surface area contributed by atoms with E-state index in [0.29, 0.717) is 6.54 Å². The van der Waals surface area contributed by atoms with Crippen LogP contribution < -0.4 is 5.73 Å². The Balaban J connectivity index is 3.54. The number of nitrogens with two attached hydrogens (primary N) is 1. The lowest BCUT2D eigenvalue weighted by atomic mass is 10.3. The van der Waals surface area contributed by atoms with Gasteiger partial charge in [0.25, 0.3) is 0 Å². The molecule has 76 valence electrons. The van der Waals surface area contributed by atoms with Crippen molar-refractivity contribution in [2.24, 2.45) is 5.73 Å². The van der Waals surface area contributed by atoms with Gasteiger partial charge in [-0.05, 0) is 30.6 Å². The maximum atomic E-state index is 10.3. The molecule has 4 heteroatoms. The summed E-state index contributed by atoms with van der Waals surface area (Å²) in [5, 5.41) is -0.415. The summed E-state index contributed by atoms with van der Waals surface area (Å²) in [5.41, 5.74) is 5.42. The monoisotopic (exact) mass is 204 g/mol. The Bertz CT molecular complexity index is 171. The maximum Gasteiger partial charge on any atom is 0.244 e. The second kappa shape index (κ2) is 8.23. The number of halogens is 1. The van der Waals surface area contributed by atoms with Crippen LogP contribution >= 0.6 is 11.6 Å². The number of allylic oxidation sites excluding steroid dienone is 1. The number of hydrogen-bond acceptors (Lipinski definition) is 3.